The average molecular weight is 230 g/mol. The lowest BCUT2D eigenvalue weighted by Crippen LogP contribution is -2.23. The number of nitrogens with zero attached hydrogens (tertiary/aromatic N) is 1. The fourth-order valence-electron chi connectivity index (χ4n) is 1.89. The van der Waals surface area contributed by atoms with Crippen LogP contribution in [0, 0.1) is 0 Å². The summed E-state index contributed by atoms with van der Waals surface area (Å²) < 4.78 is 23.3. The number of sulfone groups is 1. The Kier molecular flexibility index (Phi) is 2.46. The summed E-state index contributed by atoms with van der Waals surface area (Å²) in [6.45, 7) is 0.227. The van der Waals surface area contributed by atoms with Crippen LogP contribution in [0.2, 0.25) is 0 Å². The summed E-state index contributed by atoms with van der Waals surface area (Å²) in [5.41, 5.74) is 1.77. The molecule has 0 amide bonds. The molecule has 0 radical (unpaired) electrons. The lowest BCUT2D eigenvalue weighted by molar-refractivity contribution is 0.577. The van der Waals surface area contributed by atoms with Gasteiger partial charge in [0, 0.05) is 17.5 Å². The lowest BCUT2D eigenvalue weighted by Gasteiger charge is -2.00. The van der Waals surface area contributed by atoms with Gasteiger partial charge in [-0.2, -0.15) is 0 Å². The molecule has 0 saturated carbocycles. The Hall–Kier alpha value is -1.04. The van der Waals surface area contributed by atoms with Gasteiger partial charge in [0.1, 0.15) is 9.84 Å². The lowest BCUT2D eigenvalue weighted by atomic mass is 10.3. The van der Waals surface area contributed by atoms with Crippen molar-refractivity contribution in [2.45, 2.75) is 25.8 Å². The van der Waals surface area contributed by atoms with Gasteiger partial charge in [-0.15, -0.1) is 0 Å². The SMILES string of the molecule is CS(=O)(=O)CCn1[nH]c2c(c1=O)CCC2. The molecular formula is C9H14N2O3S. The highest BCUT2D eigenvalue weighted by molar-refractivity contribution is 7.90. The maximum absolute atomic E-state index is 11.7. The van der Waals surface area contributed by atoms with E-state index in [-0.39, 0.29) is 17.9 Å². The number of aryl methyl sites for hydroxylation is 2. The van der Waals surface area contributed by atoms with Crippen molar-refractivity contribution < 1.29 is 8.42 Å². The fraction of sp³-hybridized carbons (Fsp3) is 0.667. The predicted molar refractivity (Wildman–Crippen MR) is 56.8 cm³/mol. The van der Waals surface area contributed by atoms with Crippen LogP contribution in [0.3, 0.4) is 0 Å². The normalized spacial score (nSPS) is 15.5. The molecule has 0 spiro atoms. The monoisotopic (exact) mass is 230 g/mol. The molecule has 0 atom stereocenters. The summed E-state index contributed by atoms with van der Waals surface area (Å²) >= 11 is 0. The number of fused-ring (bicyclic) bond motifs is 1. The summed E-state index contributed by atoms with van der Waals surface area (Å²) in [6.07, 6.45) is 3.91. The zero-order valence-corrected chi connectivity index (χ0v) is 9.43. The van der Waals surface area contributed by atoms with Gasteiger partial charge in [0.2, 0.25) is 0 Å². The molecule has 15 heavy (non-hydrogen) atoms. The third-order valence-corrected chi connectivity index (χ3v) is 3.60. The largest absolute Gasteiger partial charge is 0.299 e. The Morgan fingerprint density at radius 2 is 2.13 bits per heavy atom. The molecule has 5 nitrogen and oxygen atoms in total. The second-order valence-corrected chi connectivity index (χ2v) is 6.27. The quantitative estimate of drug-likeness (QED) is 0.775. The Morgan fingerprint density at radius 1 is 1.40 bits per heavy atom. The van der Waals surface area contributed by atoms with Gasteiger partial charge in [-0.05, 0) is 19.3 Å². The number of hydrogen-bond acceptors (Lipinski definition) is 3. The van der Waals surface area contributed by atoms with Crippen LogP contribution < -0.4 is 5.56 Å². The smallest absolute Gasteiger partial charge is 0.269 e. The van der Waals surface area contributed by atoms with E-state index in [9.17, 15) is 13.2 Å². The first kappa shape index (κ1) is 10.5. The molecular weight excluding hydrogens is 216 g/mol. The van der Waals surface area contributed by atoms with Gasteiger partial charge in [0.25, 0.3) is 5.56 Å². The zero-order valence-electron chi connectivity index (χ0n) is 8.62. The minimum absolute atomic E-state index is 0.00625. The zero-order chi connectivity index (χ0) is 11.1. The van der Waals surface area contributed by atoms with Gasteiger partial charge in [0.15, 0.2) is 0 Å². The average Bonchev–Trinajstić information content (AvgIpc) is 2.65. The highest BCUT2D eigenvalue weighted by atomic mass is 32.2. The predicted octanol–water partition coefficient (Wildman–Crippen LogP) is -0.290. The van der Waals surface area contributed by atoms with Crippen LogP contribution in [0.15, 0.2) is 4.79 Å². The first-order valence-corrected chi connectivity index (χ1v) is 7.02. The molecule has 1 aromatic rings. The molecule has 0 fully saturated rings. The van der Waals surface area contributed by atoms with Gasteiger partial charge < -0.3 is 0 Å². The molecule has 84 valence electrons. The van der Waals surface area contributed by atoms with E-state index in [0.717, 1.165) is 30.5 Å². The number of aromatic nitrogens is 2. The van der Waals surface area contributed by atoms with Crippen LogP contribution in [0.1, 0.15) is 17.7 Å². The van der Waals surface area contributed by atoms with E-state index in [2.05, 4.69) is 5.10 Å². The summed E-state index contributed by atoms with van der Waals surface area (Å²) in [5.74, 6) is 0.00625. The summed E-state index contributed by atoms with van der Waals surface area (Å²) in [4.78, 5) is 11.7. The van der Waals surface area contributed by atoms with Gasteiger partial charge in [-0.25, -0.2) is 8.42 Å². The third-order valence-electron chi connectivity index (χ3n) is 2.68. The third kappa shape index (κ3) is 2.14. The van der Waals surface area contributed by atoms with Crippen LogP contribution in [-0.2, 0) is 29.2 Å². The van der Waals surface area contributed by atoms with E-state index >= 15 is 0 Å². The van der Waals surface area contributed by atoms with Crippen LogP contribution >= 0.6 is 0 Å². The number of hydrogen-bond donors (Lipinski definition) is 1. The molecule has 0 unspecified atom stereocenters. The molecule has 0 aliphatic heterocycles. The molecule has 1 aliphatic rings. The highest BCUT2D eigenvalue weighted by Crippen LogP contribution is 2.15. The van der Waals surface area contributed by atoms with Gasteiger partial charge in [-0.1, -0.05) is 0 Å². The molecule has 0 saturated heterocycles. The van der Waals surface area contributed by atoms with E-state index in [1.54, 1.807) is 0 Å². The van der Waals surface area contributed by atoms with E-state index in [0.29, 0.717) is 0 Å². The van der Waals surface area contributed by atoms with Crippen molar-refractivity contribution in [3.63, 3.8) is 0 Å². The Bertz CT molecular complexity index is 524. The minimum Gasteiger partial charge on any atom is -0.299 e. The molecule has 0 bridgehead atoms. The van der Waals surface area contributed by atoms with Crippen LogP contribution in [0.5, 0.6) is 0 Å². The molecule has 1 N–H and O–H groups in total. The first-order valence-electron chi connectivity index (χ1n) is 4.95. The van der Waals surface area contributed by atoms with Crippen molar-refractivity contribution in [2.24, 2.45) is 0 Å². The number of rotatable bonds is 3. The van der Waals surface area contributed by atoms with Crippen molar-refractivity contribution >= 4 is 9.84 Å². The van der Waals surface area contributed by atoms with Gasteiger partial charge in [0.05, 0.1) is 12.3 Å². The molecule has 1 aromatic heterocycles. The number of H-pyrrole nitrogens is 1. The van der Waals surface area contributed by atoms with Crippen molar-refractivity contribution in [1.29, 1.82) is 0 Å². The van der Waals surface area contributed by atoms with Gasteiger partial charge >= 0.3 is 0 Å². The Labute approximate surface area is 88.0 Å². The molecule has 1 aliphatic carbocycles. The number of nitrogens with one attached hydrogen (secondary N) is 1. The summed E-state index contributed by atoms with van der Waals surface area (Å²) in [6, 6.07) is 0. The van der Waals surface area contributed by atoms with E-state index in [1.807, 2.05) is 0 Å². The topological polar surface area (TPSA) is 71.9 Å². The molecule has 0 aromatic carbocycles. The summed E-state index contributed by atoms with van der Waals surface area (Å²) in [7, 11) is -3.01. The molecule has 1 heterocycles. The minimum atomic E-state index is -3.01. The Balaban J connectivity index is 2.21. The Morgan fingerprint density at radius 3 is 2.73 bits per heavy atom. The van der Waals surface area contributed by atoms with Crippen molar-refractivity contribution in [1.82, 2.24) is 9.78 Å². The highest BCUT2D eigenvalue weighted by Gasteiger charge is 2.19. The van der Waals surface area contributed by atoms with Crippen LogP contribution in [0.25, 0.3) is 0 Å². The van der Waals surface area contributed by atoms with Crippen molar-refractivity contribution in [3.8, 4) is 0 Å². The van der Waals surface area contributed by atoms with E-state index < -0.39 is 9.84 Å². The molecule has 6 heteroatoms. The van der Waals surface area contributed by atoms with Crippen molar-refractivity contribution in [3.05, 3.63) is 21.6 Å². The van der Waals surface area contributed by atoms with Gasteiger partial charge in [-0.3, -0.25) is 14.6 Å². The second-order valence-electron chi connectivity index (χ2n) is 4.01. The first-order chi connectivity index (χ1) is 6.97. The fourth-order valence-corrected chi connectivity index (χ4v) is 2.41. The maximum Gasteiger partial charge on any atom is 0.269 e. The van der Waals surface area contributed by atoms with Crippen LogP contribution in [-0.4, -0.2) is 30.2 Å². The second kappa shape index (κ2) is 3.52. The number of aromatic amines is 1. The maximum atomic E-state index is 11.7. The summed E-state index contributed by atoms with van der Waals surface area (Å²) in [5, 5.41) is 2.97. The standard InChI is InChI=1S/C9H14N2O3S/c1-15(13,14)6-5-11-9(12)7-3-2-4-8(7)10-11/h10H,2-6H2,1H3. The van der Waals surface area contributed by atoms with E-state index in [1.165, 1.54) is 10.9 Å². The van der Waals surface area contributed by atoms with Crippen LogP contribution in [0.4, 0.5) is 0 Å². The van der Waals surface area contributed by atoms with Crippen molar-refractivity contribution in [2.75, 3.05) is 12.0 Å². The van der Waals surface area contributed by atoms with E-state index in [4.69, 9.17) is 0 Å². The molecule has 2 rings (SSSR count).